The summed E-state index contributed by atoms with van der Waals surface area (Å²) >= 11 is 0. The van der Waals surface area contributed by atoms with Crippen LogP contribution in [0, 0.1) is 40.4 Å². The summed E-state index contributed by atoms with van der Waals surface area (Å²) in [7, 11) is 5.06. The maximum Gasteiger partial charge on any atom is 0.159 e. The van der Waals surface area contributed by atoms with Gasteiger partial charge in [-0.1, -0.05) is 6.92 Å². The quantitative estimate of drug-likeness (QED) is 0.526. The molecule has 4 aliphatic rings. The van der Waals surface area contributed by atoms with Gasteiger partial charge in [-0.25, -0.2) is 0 Å². The van der Waals surface area contributed by atoms with Gasteiger partial charge in [-0.2, -0.15) is 9.90 Å². The lowest BCUT2D eigenvalue weighted by Crippen LogP contribution is -2.58. The van der Waals surface area contributed by atoms with E-state index in [0.717, 1.165) is 51.6 Å². The van der Waals surface area contributed by atoms with Gasteiger partial charge in [-0.05, 0) is 99.2 Å². The highest BCUT2D eigenvalue weighted by molar-refractivity contribution is 5.84. The van der Waals surface area contributed by atoms with Crippen LogP contribution in [0.4, 0.5) is 0 Å². The summed E-state index contributed by atoms with van der Waals surface area (Å²) in [6, 6.07) is 3.62. The van der Waals surface area contributed by atoms with Crippen LogP contribution in [0.3, 0.4) is 0 Å². The van der Waals surface area contributed by atoms with E-state index in [-0.39, 0.29) is 29.1 Å². The van der Waals surface area contributed by atoms with E-state index >= 15 is 0 Å². The number of hydrogen-bond donors (Lipinski definition) is 1. The van der Waals surface area contributed by atoms with Crippen LogP contribution in [-0.2, 0) is 16.1 Å². The number of ether oxygens (including phenoxy) is 3. The molecule has 0 amide bonds. The van der Waals surface area contributed by atoms with E-state index in [1.54, 1.807) is 25.1 Å². The molecule has 1 heterocycles. The molecule has 0 bridgehead atoms. The van der Waals surface area contributed by atoms with Crippen LogP contribution in [0.1, 0.15) is 71.6 Å². The van der Waals surface area contributed by atoms with Gasteiger partial charge in [0.1, 0.15) is 17.8 Å². The van der Waals surface area contributed by atoms with Crippen molar-refractivity contribution in [2.75, 3.05) is 27.9 Å². The summed E-state index contributed by atoms with van der Waals surface area (Å²) in [5.74, 6) is 3.90. The smallest absolute Gasteiger partial charge is 0.159 e. The molecule has 0 saturated heterocycles. The first-order chi connectivity index (χ1) is 18.6. The molecular weight excluding hydrogens is 494 g/mol. The van der Waals surface area contributed by atoms with Crippen LogP contribution in [0.15, 0.2) is 12.1 Å². The lowest BCUT2D eigenvalue weighted by Gasteiger charge is -2.62. The molecule has 1 aromatic carbocycles. The van der Waals surface area contributed by atoms with Crippen LogP contribution >= 0.6 is 0 Å². The lowest BCUT2D eigenvalue weighted by atomic mass is 9.43. The second-order valence-electron chi connectivity index (χ2n) is 13.6. The molecule has 8 atom stereocenters. The van der Waals surface area contributed by atoms with E-state index in [4.69, 9.17) is 14.2 Å². The first-order valence-corrected chi connectivity index (χ1v) is 14.8. The highest BCUT2D eigenvalue weighted by atomic mass is 16.5. The Hall–Kier alpha value is -2.19. The fourth-order valence-corrected chi connectivity index (χ4v) is 9.91. The summed E-state index contributed by atoms with van der Waals surface area (Å²) in [4.78, 5) is 15.4. The van der Waals surface area contributed by atoms with Crippen molar-refractivity contribution in [2.24, 2.45) is 40.4 Å². The maximum atomic E-state index is 13.8. The van der Waals surface area contributed by atoms with Crippen molar-refractivity contribution >= 4 is 16.8 Å². The molecule has 1 N–H and O–H groups in total. The first kappa shape index (κ1) is 27.0. The third-order valence-electron chi connectivity index (χ3n) is 11.7. The number of carbonyl (C=O) groups is 1. The average molecular weight is 540 g/mol. The Labute approximate surface area is 231 Å². The Morgan fingerprint density at radius 3 is 2.56 bits per heavy atom. The van der Waals surface area contributed by atoms with Gasteiger partial charge in [-0.3, -0.25) is 4.79 Å². The Balaban J connectivity index is 1.22. The minimum atomic E-state index is -0.552. The van der Waals surface area contributed by atoms with E-state index in [2.05, 4.69) is 17.1 Å². The Morgan fingerprint density at radius 1 is 1.00 bits per heavy atom. The molecule has 0 unspecified atom stereocenters. The fourth-order valence-electron chi connectivity index (χ4n) is 9.91. The molecule has 4 aliphatic carbocycles. The molecule has 1 aromatic heterocycles. The number of fused-ring (bicyclic) bond motifs is 6. The van der Waals surface area contributed by atoms with Crippen molar-refractivity contribution in [3.05, 3.63) is 12.1 Å². The van der Waals surface area contributed by atoms with Gasteiger partial charge >= 0.3 is 0 Å². The summed E-state index contributed by atoms with van der Waals surface area (Å²) in [6.07, 6.45) is 9.51. The summed E-state index contributed by atoms with van der Waals surface area (Å²) in [5, 5.41) is 20.1. The Bertz CT molecular complexity index is 1240. The van der Waals surface area contributed by atoms with Crippen molar-refractivity contribution in [3.8, 4) is 11.5 Å². The molecule has 4 saturated carbocycles. The van der Waals surface area contributed by atoms with Gasteiger partial charge in [0.05, 0.1) is 26.4 Å². The van der Waals surface area contributed by atoms with E-state index in [1.165, 1.54) is 12.8 Å². The number of Topliss-reactive ketones (excluding diaryl/α,β-unsaturated/α-hetero) is 1. The third-order valence-corrected chi connectivity index (χ3v) is 11.7. The summed E-state index contributed by atoms with van der Waals surface area (Å²) in [5.41, 5.74) is 0.953. The predicted molar refractivity (Wildman–Crippen MR) is 148 cm³/mol. The van der Waals surface area contributed by atoms with E-state index < -0.39 is 5.60 Å². The molecule has 0 aliphatic heterocycles. The highest BCUT2D eigenvalue weighted by Crippen LogP contribution is 2.68. The second kappa shape index (κ2) is 9.72. The summed E-state index contributed by atoms with van der Waals surface area (Å²) < 4.78 is 16.8. The van der Waals surface area contributed by atoms with Gasteiger partial charge in [0.25, 0.3) is 0 Å². The van der Waals surface area contributed by atoms with Gasteiger partial charge in [0.15, 0.2) is 17.0 Å². The second-order valence-corrected chi connectivity index (χ2v) is 13.6. The number of nitrogens with zero attached hydrogens (tertiary/aromatic N) is 3. The van der Waals surface area contributed by atoms with Crippen molar-refractivity contribution in [1.29, 1.82) is 0 Å². The molecule has 0 spiro atoms. The molecule has 8 nitrogen and oxygen atoms in total. The number of rotatable bonds is 7. The highest BCUT2D eigenvalue weighted by Gasteiger charge is 2.63. The summed E-state index contributed by atoms with van der Waals surface area (Å²) in [6.45, 7) is 5.40. The van der Waals surface area contributed by atoms with E-state index in [0.29, 0.717) is 46.2 Å². The van der Waals surface area contributed by atoms with Crippen molar-refractivity contribution in [2.45, 2.75) is 83.8 Å². The van der Waals surface area contributed by atoms with Crippen molar-refractivity contribution in [1.82, 2.24) is 15.0 Å². The van der Waals surface area contributed by atoms with Crippen LogP contribution in [0.25, 0.3) is 11.0 Å². The molecule has 0 radical (unpaired) electrons. The number of carbonyl (C=O) groups excluding carboxylic acids is 1. The Morgan fingerprint density at radius 2 is 1.82 bits per heavy atom. The zero-order valence-corrected chi connectivity index (χ0v) is 24.2. The van der Waals surface area contributed by atoms with Gasteiger partial charge in [-0.15, -0.1) is 5.10 Å². The topological polar surface area (TPSA) is 95.7 Å². The lowest BCUT2D eigenvalue weighted by molar-refractivity contribution is -0.175. The average Bonchev–Trinajstić information content (AvgIpc) is 3.48. The maximum absolute atomic E-state index is 13.8. The number of benzene rings is 1. The largest absolute Gasteiger partial charge is 0.497 e. The number of aliphatic hydroxyl groups is 1. The third kappa shape index (κ3) is 4.28. The fraction of sp³-hybridized carbons (Fsp3) is 0.774. The molecule has 214 valence electrons. The minimum absolute atomic E-state index is 0.0208. The number of methoxy groups -OCH3 is 3. The van der Waals surface area contributed by atoms with Crippen molar-refractivity contribution in [3.63, 3.8) is 0 Å². The monoisotopic (exact) mass is 539 g/mol. The molecular formula is C31H45N3O5. The first-order valence-electron chi connectivity index (χ1n) is 14.8. The van der Waals surface area contributed by atoms with Gasteiger partial charge in [0, 0.05) is 25.2 Å². The predicted octanol–water partition coefficient (Wildman–Crippen LogP) is 5.05. The minimum Gasteiger partial charge on any atom is -0.497 e. The molecule has 39 heavy (non-hydrogen) atoms. The van der Waals surface area contributed by atoms with Crippen LogP contribution in [0.2, 0.25) is 0 Å². The molecule has 6 rings (SSSR count). The van der Waals surface area contributed by atoms with E-state index in [9.17, 15) is 9.90 Å². The molecule has 2 aromatic rings. The van der Waals surface area contributed by atoms with Crippen LogP contribution in [-0.4, -0.2) is 59.4 Å². The number of hydrogen-bond acceptors (Lipinski definition) is 7. The normalized spacial score (nSPS) is 39.6. The Kier molecular flexibility index (Phi) is 6.73. The van der Waals surface area contributed by atoms with Gasteiger partial charge < -0.3 is 19.3 Å². The molecule has 4 fully saturated rings. The zero-order chi connectivity index (χ0) is 27.6. The van der Waals surface area contributed by atoms with E-state index in [1.807, 2.05) is 20.1 Å². The van der Waals surface area contributed by atoms with Crippen molar-refractivity contribution < 1.29 is 24.1 Å². The standard InChI is InChI=1S/C31H45N3O5/c1-29(36)12-13-31(18-37-3)19(16-29)6-7-21-22-8-9-24(30(22,2)11-10-23(21)31)26(35)17-34-32-25-14-20(38-4)15-27(39-5)28(25)33-34/h14-15,19,21-24,36H,6-13,16-18H2,1-5H3/t19-,21-,22-,23-,24+,29+,30-,31+/m0/s1. The van der Waals surface area contributed by atoms with Crippen LogP contribution in [0.5, 0.6) is 11.5 Å². The number of ketones is 1. The SMILES string of the molecule is COC[C@]12CC[C@@](C)(O)C[C@@H]1CC[C@H]1[C@@H]3CC[C@H](C(=O)Cn4nc5cc(OC)cc(OC)c5n4)[C@@]3(C)CC[C@@H]12. The van der Waals surface area contributed by atoms with Crippen LogP contribution < -0.4 is 9.47 Å². The van der Waals surface area contributed by atoms with Gasteiger partial charge in [0.2, 0.25) is 0 Å². The molecule has 8 heteroatoms. The number of aromatic nitrogens is 3. The zero-order valence-electron chi connectivity index (χ0n) is 24.2.